The van der Waals surface area contributed by atoms with E-state index in [1.165, 1.54) is 38.6 Å². The number of rotatable bonds is 5. The highest BCUT2D eigenvalue weighted by atomic mass is 16.7. The van der Waals surface area contributed by atoms with Gasteiger partial charge in [0.25, 0.3) is 0 Å². The van der Waals surface area contributed by atoms with Gasteiger partial charge in [0, 0.05) is 26.8 Å². The fraction of sp³-hybridized carbons (Fsp3) is 1.00. The third-order valence-electron chi connectivity index (χ3n) is 3.38. The second-order valence-corrected chi connectivity index (χ2v) is 4.31. The van der Waals surface area contributed by atoms with Gasteiger partial charge in [0.15, 0.2) is 6.29 Å². The molecule has 1 unspecified atom stereocenters. The third kappa shape index (κ3) is 4.09. The summed E-state index contributed by atoms with van der Waals surface area (Å²) in [4.78, 5) is 2.53. The molecule has 1 fully saturated rings. The molecule has 0 bridgehead atoms. The molecule has 0 aliphatic carbocycles. The van der Waals surface area contributed by atoms with Gasteiger partial charge in [-0.2, -0.15) is 0 Å². The lowest BCUT2D eigenvalue weighted by molar-refractivity contribution is -0.120. The normalized spacial score (nSPS) is 24.4. The molecule has 0 spiro atoms. The standard InChI is InChI=1S/C12H25NO2/c1-4-11-8-6-5-7-9-13(11)10-12(14-2)15-3/h11-12H,4-10H2,1-3H3. The van der Waals surface area contributed by atoms with Crippen LogP contribution in [-0.2, 0) is 9.47 Å². The molecule has 1 aliphatic heterocycles. The van der Waals surface area contributed by atoms with E-state index in [0.717, 1.165) is 12.6 Å². The summed E-state index contributed by atoms with van der Waals surface area (Å²) in [6.45, 7) is 4.38. The summed E-state index contributed by atoms with van der Waals surface area (Å²) in [7, 11) is 3.43. The largest absolute Gasteiger partial charge is 0.355 e. The summed E-state index contributed by atoms with van der Waals surface area (Å²) in [6.07, 6.45) is 6.56. The predicted molar refractivity (Wildman–Crippen MR) is 61.9 cm³/mol. The Morgan fingerprint density at radius 1 is 1.20 bits per heavy atom. The van der Waals surface area contributed by atoms with Crippen molar-refractivity contribution in [1.82, 2.24) is 4.90 Å². The molecule has 1 heterocycles. The van der Waals surface area contributed by atoms with E-state index in [1.54, 1.807) is 14.2 Å². The molecule has 1 rings (SSSR count). The Balaban J connectivity index is 2.46. The van der Waals surface area contributed by atoms with Crippen molar-refractivity contribution in [3.8, 4) is 0 Å². The van der Waals surface area contributed by atoms with Crippen molar-refractivity contribution in [3.63, 3.8) is 0 Å². The van der Waals surface area contributed by atoms with Crippen LogP contribution in [0, 0.1) is 0 Å². The van der Waals surface area contributed by atoms with Gasteiger partial charge >= 0.3 is 0 Å². The molecule has 0 amide bonds. The number of methoxy groups -OCH3 is 2. The van der Waals surface area contributed by atoms with Crippen molar-refractivity contribution in [2.75, 3.05) is 27.3 Å². The molecule has 0 N–H and O–H groups in total. The van der Waals surface area contributed by atoms with E-state index in [-0.39, 0.29) is 6.29 Å². The van der Waals surface area contributed by atoms with Gasteiger partial charge in [0.2, 0.25) is 0 Å². The Labute approximate surface area is 93.7 Å². The Hall–Kier alpha value is -0.120. The van der Waals surface area contributed by atoms with Gasteiger partial charge in [0.05, 0.1) is 0 Å². The van der Waals surface area contributed by atoms with Crippen molar-refractivity contribution in [1.29, 1.82) is 0 Å². The summed E-state index contributed by atoms with van der Waals surface area (Å²) in [5.41, 5.74) is 0. The van der Waals surface area contributed by atoms with Crippen LogP contribution in [0.3, 0.4) is 0 Å². The minimum atomic E-state index is -0.0721. The quantitative estimate of drug-likeness (QED) is 0.657. The van der Waals surface area contributed by atoms with Crippen LogP contribution in [0.15, 0.2) is 0 Å². The van der Waals surface area contributed by atoms with E-state index in [1.807, 2.05) is 0 Å². The molecule has 3 nitrogen and oxygen atoms in total. The van der Waals surface area contributed by atoms with E-state index in [0.29, 0.717) is 0 Å². The van der Waals surface area contributed by atoms with Crippen LogP contribution in [0.4, 0.5) is 0 Å². The summed E-state index contributed by atoms with van der Waals surface area (Å²) in [5, 5.41) is 0. The lowest BCUT2D eigenvalue weighted by atomic mass is 10.1. The van der Waals surface area contributed by atoms with Gasteiger partial charge in [-0.1, -0.05) is 19.8 Å². The van der Waals surface area contributed by atoms with Gasteiger partial charge in [-0.15, -0.1) is 0 Å². The maximum absolute atomic E-state index is 5.27. The molecule has 90 valence electrons. The molecule has 0 aromatic rings. The maximum Gasteiger partial charge on any atom is 0.169 e. The average Bonchev–Trinajstić information content (AvgIpc) is 2.50. The molecular formula is C12H25NO2. The molecule has 3 heteroatoms. The first-order valence-electron chi connectivity index (χ1n) is 6.11. The van der Waals surface area contributed by atoms with Crippen LogP contribution in [0.25, 0.3) is 0 Å². The van der Waals surface area contributed by atoms with Crippen molar-refractivity contribution < 1.29 is 9.47 Å². The second-order valence-electron chi connectivity index (χ2n) is 4.31. The Morgan fingerprint density at radius 2 is 1.93 bits per heavy atom. The van der Waals surface area contributed by atoms with E-state index in [2.05, 4.69) is 11.8 Å². The predicted octanol–water partition coefficient (Wildman–Crippen LogP) is 2.26. The smallest absolute Gasteiger partial charge is 0.169 e. The first-order chi connectivity index (χ1) is 7.31. The number of hydrogen-bond acceptors (Lipinski definition) is 3. The van der Waals surface area contributed by atoms with Crippen LogP contribution in [0.5, 0.6) is 0 Å². The molecular weight excluding hydrogens is 190 g/mol. The van der Waals surface area contributed by atoms with Crippen LogP contribution in [0.2, 0.25) is 0 Å². The fourth-order valence-electron chi connectivity index (χ4n) is 2.38. The first-order valence-corrected chi connectivity index (χ1v) is 6.11. The summed E-state index contributed by atoms with van der Waals surface area (Å²) >= 11 is 0. The van der Waals surface area contributed by atoms with Gasteiger partial charge in [-0.3, -0.25) is 4.90 Å². The van der Waals surface area contributed by atoms with Gasteiger partial charge in [-0.05, 0) is 25.8 Å². The Bertz CT molecular complexity index is 160. The number of ether oxygens (including phenoxy) is 2. The lowest BCUT2D eigenvalue weighted by Crippen LogP contribution is -2.41. The monoisotopic (exact) mass is 215 g/mol. The van der Waals surface area contributed by atoms with E-state index in [4.69, 9.17) is 9.47 Å². The Morgan fingerprint density at radius 3 is 2.53 bits per heavy atom. The van der Waals surface area contributed by atoms with Crippen LogP contribution in [0.1, 0.15) is 39.0 Å². The number of nitrogens with zero attached hydrogens (tertiary/aromatic N) is 1. The van der Waals surface area contributed by atoms with Crippen LogP contribution < -0.4 is 0 Å². The zero-order chi connectivity index (χ0) is 11.1. The van der Waals surface area contributed by atoms with E-state index in [9.17, 15) is 0 Å². The fourth-order valence-corrected chi connectivity index (χ4v) is 2.38. The highest BCUT2D eigenvalue weighted by Crippen LogP contribution is 2.19. The molecule has 0 aromatic carbocycles. The maximum atomic E-state index is 5.27. The minimum absolute atomic E-state index is 0.0721. The molecule has 0 saturated carbocycles. The van der Waals surface area contributed by atoms with Gasteiger partial charge < -0.3 is 9.47 Å². The summed E-state index contributed by atoms with van der Waals surface area (Å²) < 4.78 is 10.5. The SMILES string of the molecule is CCC1CCCCCN1CC(OC)OC. The lowest BCUT2D eigenvalue weighted by Gasteiger charge is -2.31. The molecule has 0 radical (unpaired) electrons. The zero-order valence-corrected chi connectivity index (χ0v) is 10.4. The molecule has 0 aromatic heterocycles. The van der Waals surface area contributed by atoms with E-state index < -0.39 is 0 Å². The van der Waals surface area contributed by atoms with E-state index >= 15 is 0 Å². The molecule has 15 heavy (non-hydrogen) atoms. The second kappa shape index (κ2) is 7.20. The summed E-state index contributed by atoms with van der Waals surface area (Å²) in [5.74, 6) is 0. The van der Waals surface area contributed by atoms with Crippen molar-refractivity contribution >= 4 is 0 Å². The van der Waals surface area contributed by atoms with Crippen molar-refractivity contribution in [2.45, 2.75) is 51.4 Å². The topological polar surface area (TPSA) is 21.7 Å². The molecule has 1 aliphatic rings. The molecule has 1 atom stereocenters. The van der Waals surface area contributed by atoms with Crippen molar-refractivity contribution in [3.05, 3.63) is 0 Å². The van der Waals surface area contributed by atoms with Gasteiger partial charge in [-0.25, -0.2) is 0 Å². The number of likely N-dealkylation sites (tertiary alicyclic amines) is 1. The van der Waals surface area contributed by atoms with Crippen LogP contribution >= 0.6 is 0 Å². The number of hydrogen-bond donors (Lipinski definition) is 0. The van der Waals surface area contributed by atoms with Gasteiger partial charge in [0.1, 0.15) is 0 Å². The first kappa shape index (κ1) is 12.9. The van der Waals surface area contributed by atoms with Crippen molar-refractivity contribution in [2.24, 2.45) is 0 Å². The van der Waals surface area contributed by atoms with Crippen LogP contribution in [-0.4, -0.2) is 44.5 Å². The summed E-state index contributed by atoms with van der Waals surface area (Å²) in [6, 6.07) is 0.722. The highest BCUT2D eigenvalue weighted by Gasteiger charge is 2.22. The highest BCUT2D eigenvalue weighted by molar-refractivity contribution is 4.74. The zero-order valence-electron chi connectivity index (χ0n) is 10.4. The molecule has 1 saturated heterocycles. The Kier molecular flexibility index (Phi) is 6.22. The third-order valence-corrected chi connectivity index (χ3v) is 3.38. The average molecular weight is 215 g/mol. The minimum Gasteiger partial charge on any atom is -0.355 e.